The summed E-state index contributed by atoms with van der Waals surface area (Å²) >= 11 is 0. The molecule has 0 fully saturated rings. The fourth-order valence-corrected chi connectivity index (χ4v) is 1.49. The average molecular weight is 248 g/mol. The maximum absolute atomic E-state index is 8.83. The number of benzene rings is 1. The zero-order valence-electron chi connectivity index (χ0n) is 10.0. The normalized spacial score (nSPS) is 10.5. The molecule has 96 valence electrons. The number of hydrogen-bond acceptors (Lipinski definition) is 4. The number of ether oxygens (including phenoxy) is 2. The van der Waals surface area contributed by atoms with Crippen molar-refractivity contribution in [2.45, 2.75) is 13.2 Å². The van der Waals surface area contributed by atoms with Crippen LogP contribution in [-0.2, 0) is 18.0 Å². The van der Waals surface area contributed by atoms with Gasteiger partial charge in [0.25, 0.3) is 0 Å². The van der Waals surface area contributed by atoms with Gasteiger partial charge in [-0.2, -0.15) is 0 Å². The largest absolute Gasteiger partial charge is 0.491 e. The van der Waals surface area contributed by atoms with E-state index in [2.05, 4.69) is 0 Å². The molecule has 2 aromatic rings. The van der Waals surface area contributed by atoms with Crippen LogP contribution in [0.3, 0.4) is 0 Å². The number of hydrogen-bond donors (Lipinski definition) is 1. The topological polar surface area (TPSA) is 51.8 Å². The fourth-order valence-electron chi connectivity index (χ4n) is 1.49. The lowest BCUT2D eigenvalue weighted by atomic mass is 10.3. The fraction of sp³-hybridized carbons (Fsp3) is 0.286. The average Bonchev–Trinajstić information content (AvgIpc) is 2.87. The number of para-hydroxylation sites is 1. The van der Waals surface area contributed by atoms with Gasteiger partial charge in [-0.25, -0.2) is 0 Å². The lowest BCUT2D eigenvalue weighted by Crippen LogP contribution is -2.06. The van der Waals surface area contributed by atoms with Gasteiger partial charge < -0.3 is 19.0 Å². The first-order valence-corrected chi connectivity index (χ1v) is 5.82. The molecule has 0 aliphatic heterocycles. The first-order chi connectivity index (χ1) is 8.88. The zero-order valence-corrected chi connectivity index (χ0v) is 10.0. The van der Waals surface area contributed by atoms with Crippen molar-refractivity contribution in [3.05, 3.63) is 54.0 Å². The highest BCUT2D eigenvalue weighted by atomic mass is 16.5. The minimum atomic E-state index is -0.0862. The molecule has 0 saturated carbocycles. The Morgan fingerprint density at radius 1 is 0.944 bits per heavy atom. The SMILES string of the molecule is OCc1ccc(COCCOc2ccccc2)o1. The molecule has 0 aliphatic carbocycles. The monoisotopic (exact) mass is 248 g/mol. The van der Waals surface area contributed by atoms with Crippen molar-refractivity contribution in [2.24, 2.45) is 0 Å². The quantitative estimate of drug-likeness (QED) is 0.764. The van der Waals surface area contributed by atoms with E-state index in [1.165, 1.54) is 0 Å². The van der Waals surface area contributed by atoms with Crippen molar-refractivity contribution in [1.29, 1.82) is 0 Å². The minimum Gasteiger partial charge on any atom is -0.491 e. The number of aliphatic hydroxyl groups is 1. The maximum atomic E-state index is 8.83. The molecule has 0 saturated heterocycles. The molecule has 1 heterocycles. The van der Waals surface area contributed by atoms with E-state index in [1.54, 1.807) is 12.1 Å². The first kappa shape index (κ1) is 12.7. The van der Waals surface area contributed by atoms with Gasteiger partial charge in [0.05, 0.1) is 6.61 Å². The van der Waals surface area contributed by atoms with Gasteiger partial charge in [-0.05, 0) is 24.3 Å². The van der Waals surface area contributed by atoms with E-state index in [0.29, 0.717) is 31.3 Å². The van der Waals surface area contributed by atoms with E-state index < -0.39 is 0 Å². The third kappa shape index (κ3) is 3.91. The Kier molecular flexibility index (Phi) is 4.81. The second kappa shape index (κ2) is 6.83. The van der Waals surface area contributed by atoms with Gasteiger partial charge in [-0.15, -0.1) is 0 Å². The molecule has 0 unspecified atom stereocenters. The van der Waals surface area contributed by atoms with Crippen molar-refractivity contribution in [2.75, 3.05) is 13.2 Å². The maximum Gasteiger partial charge on any atom is 0.129 e. The smallest absolute Gasteiger partial charge is 0.129 e. The van der Waals surface area contributed by atoms with Gasteiger partial charge in [0.1, 0.15) is 37.1 Å². The molecule has 4 nitrogen and oxygen atoms in total. The van der Waals surface area contributed by atoms with Crippen LogP contribution < -0.4 is 4.74 Å². The van der Waals surface area contributed by atoms with Gasteiger partial charge in [-0.3, -0.25) is 0 Å². The molecule has 2 rings (SSSR count). The van der Waals surface area contributed by atoms with Crippen molar-refractivity contribution in [1.82, 2.24) is 0 Å². The second-order valence-electron chi connectivity index (χ2n) is 3.74. The van der Waals surface area contributed by atoms with E-state index in [9.17, 15) is 0 Å². The molecule has 1 N–H and O–H groups in total. The van der Waals surface area contributed by atoms with Crippen LogP contribution in [0.5, 0.6) is 5.75 Å². The summed E-state index contributed by atoms with van der Waals surface area (Å²) in [5, 5.41) is 8.83. The summed E-state index contributed by atoms with van der Waals surface area (Å²) in [7, 11) is 0. The molecular formula is C14H16O4. The van der Waals surface area contributed by atoms with E-state index in [0.717, 1.165) is 5.75 Å². The highest BCUT2D eigenvalue weighted by Crippen LogP contribution is 2.10. The summed E-state index contributed by atoms with van der Waals surface area (Å²) in [6.07, 6.45) is 0. The third-order valence-corrected chi connectivity index (χ3v) is 2.36. The van der Waals surface area contributed by atoms with Gasteiger partial charge in [0.15, 0.2) is 0 Å². The Morgan fingerprint density at radius 3 is 2.44 bits per heavy atom. The van der Waals surface area contributed by atoms with Gasteiger partial charge in [0.2, 0.25) is 0 Å². The third-order valence-electron chi connectivity index (χ3n) is 2.36. The Bertz CT molecular complexity index is 450. The molecule has 0 radical (unpaired) electrons. The number of aliphatic hydroxyl groups excluding tert-OH is 1. The number of furan rings is 1. The van der Waals surface area contributed by atoms with Crippen LogP contribution in [-0.4, -0.2) is 18.3 Å². The summed E-state index contributed by atoms with van der Waals surface area (Å²) in [5.41, 5.74) is 0. The van der Waals surface area contributed by atoms with Crippen molar-refractivity contribution in [3.63, 3.8) is 0 Å². The Balaban J connectivity index is 1.61. The predicted molar refractivity (Wildman–Crippen MR) is 66.2 cm³/mol. The Hall–Kier alpha value is -1.78. The molecule has 1 aromatic carbocycles. The zero-order chi connectivity index (χ0) is 12.6. The highest BCUT2D eigenvalue weighted by molar-refractivity contribution is 5.20. The highest BCUT2D eigenvalue weighted by Gasteiger charge is 2.00. The van der Waals surface area contributed by atoms with Crippen LogP contribution in [0.4, 0.5) is 0 Å². The summed E-state index contributed by atoms with van der Waals surface area (Å²) in [4.78, 5) is 0. The lowest BCUT2D eigenvalue weighted by Gasteiger charge is -2.05. The lowest BCUT2D eigenvalue weighted by molar-refractivity contribution is 0.0764. The molecule has 0 spiro atoms. The standard InChI is InChI=1S/C14H16O4/c15-10-13-6-7-14(18-13)11-16-8-9-17-12-4-2-1-3-5-12/h1-7,15H,8-11H2. The van der Waals surface area contributed by atoms with Crippen LogP contribution in [0, 0.1) is 0 Å². The molecule has 18 heavy (non-hydrogen) atoms. The molecular weight excluding hydrogens is 232 g/mol. The van der Waals surface area contributed by atoms with Crippen LogP contribution in [0.2, 0.25) is 0 Å². The molecule has 4 heteroatoms. The summed E-state index contributed by atoms with van der Waals surface area (Å²) in [6.45, 7) is 1.29. The van der Waals surface area contributed by atoms with Gasteiger partial charge in [0, 0.05) is 0 Å². The van der Waals surface area contributed by atoms with Crippen LogP contribution in [0.25, 0.3) is 0 Å². The van der Waals surface area contributed by atoms with Gasteiger partial charge >= 0.3 is 0 Å². The molecule has 0 amide bonds. The molecule has 0 bridgehead atoms. The second-order valence-corrected chi connectivity index (χ2v) is 3.74. The van der Waals surface area contributed by atoms with Crippen molar-refractivity contribution in [3.8, 4) is 5.75 Å². The number of rotatable bonds is 7. The van der Waals surface area contributed by atoms with Crippen LogP contribution in [0.1, 0.15) is 11.5 Å². The Labute approximate surface area is 106 Å². The van der Waals surface area contributed by atoms with Crippen molar-refractivity contribution < 1.29 is 19.0 Å². The van der Waals surface area contributed by atoms with Crippen molar-refractivity contribution >= 4 is 0 Å². The predicted octanol–water partition coefficient (Wildman–Crippen LogP) is 2.37. The van der Waals surface area contributed by atoms with E-state index in [1.807, 2.05) is 30.3 Å². The van der Waals surface area contributed by atoms with E-state index >= 15 is 0 Å². The summed E-state index contributed by atoms with van der Waals surface area (Å²) in [6, 6.07) is 13.1. The molecule has 0 aliphatic rings. The van der Waals surface area contributed by atoms with E-state index in [4.69, 9.17) is 19.0 Å². The summed E-state index contributed by atoms with van der Waals surface area (Å²) < 4.78 is 16.2. The first-order valence-electron chi connectivity index (χ1n) is 5.82. The Morgan fingerprint density at radius 2 is 1.72 bits per heavy atom. The summed E-state index contributed by atoms with van der Waals surface area (Å²) in [5.74, 6) is 2.09. The van der Waals surface area contributed by atoms with Crippen LogP contribution >= 0.6 is 0 Å². The minimum absolute atomic E-state index is 0.0862. The van der Waals surface area contributed by atoms with Gasteiger partial charge in [-0.1, -0.05) is 18.2 Å². The van der Waals surface area contributed by atoms with E-state index in [-0.39, 0.29) is 6.61 Å². The molecule has 1 aromatic heterocycles. The van der Waals surface area contributed by atoms with Crippen LogP contribution in [0.15, 0.2) is 46.9 Å². The molecule has 0 atom stereocenters.